The number of carbonyl (C=O) groups is 1. The van der Waals surface area contributed by atoms with E-state index in [2.05, 4.69) is 5.32 Å². The van der Waals surface area contributed by atoms with Gasteiger partial charge in [-0.1, -0.05) is 0 Å². The molecule has 1 aromatic rings. The molecule has 0 spiro atoms. The van der Waals surface area contributed by atoms with E-state index in [1.807, 2.05) is 0 Å². The molecule has 2 unspecified atom stereocenters. The van der Waals surface area contributed by atoms with E-state index in [1.165, 1.54) is 6.42 Å². The minimum absolute atomic E-state index is 0.0811. The Morgan fingerprint density at radius 2 is 2.00 bits per heavy atom. The van der Waals surface area contributed by atoms with Crippen molar-refractivity contribution in [1.29, 1.82) is 0 Å². The first-order chi connectivity index (χ1) is 9.04. The lowest BCUT2D eigenvalue weighted by molar-refractivity contribution is -0.384. The predicted molar refractivity (Wildman–Crippen MR) is 66.0 cm³/mol. The van der Waals surface area contributed by atoms with Crippen LogP contribution in [0.25, 0.3) is 0 Å². The minimum atomic E-state index is -0.651. The first-order valence-corrected chi connectivity index (χ1v) is 6.29. The molecule has 0 heterocycles. The number of anilines is 1. The molecule has 19 heavy (non-hydrogen) atoms. The molecular weight excluding hydrogens is 251 g/mol. The summed E-state index contributed by atoms with van der Waals surface area (Å²) in [6.07, 6.45) is 2.91. The molecule has 3 rings (SSSR count). The molecule has 1 aromatic carbocycles. The van der Waals surface area contributed by atoms with Gasteiger partial charge in [0.15, 0.2) is 0 Å². The van der Waals surface area contributed by atoms with E-state index in [9.17, 15) is 19.3 Å². The molecule has 0 saturated heterocycles. The summed E-state index contributed by atoms with van der Waals surface area (Å²) in [5, 5.41) is 13.1. The summed E-state index contributed by atoms with van der Waals surface area (Å²) in [6.45, 7) is 0. The number of fused-ring (bicyclic) bond motifs is 1. The minimum Gasteiger partial charge on any atom is -0.323 e. The smallest absolute Gasteiger partial charge is 0.271 e. The van der Waals surface area contributed by atoms with Gasteiger partial charge in [-0.3, -0.25) is 14.9 Å². The van der Waals surface area contributed by atoms with Crippen molar-refractivity contribution in [2.24, 2.45) is 17.8 Å². The van der Waals surface area contributed by atoms with Gasteiger partial charge in [0.25, 0.3) is 5.69 Å². The van der Waals surface area contributed by atoms with Gasteiger partial charge in [0, 0.05) is 18.1 Å². The summed E-state index contributed by atoms with van der Waals surface area (Å²) in [7, 11) is 0. The van der Waals surface area contributed by atoms with Crippen LogP contribution in [0, 0.1) is 33.7 Å². The van der Waals surface area contributed by atoms with E-state index in [4.69, 9.17) is 0 Å². The Balaban J connectivity index is 1.73. The maximum atomic E-state index is 13.5. The number of nitrogens with one attached hydrogen (secondary N) is 1. The highest BCUT2D eigenvalue weighted by atomic mass is 19.1. The normalized spacial score (nSPS) is 27.7. The van der Waals surface area contributed by atoms with Crippen LogP contribution in [0.15, 0.2) is 18.2 Å². The molecule has 0 aromatic heterocycles. The number of hydrogen-bond acceptors (Lipinski definition) is 3. The third-order valence-corrected chi connectivity index (χ3v) is 4.03. The monoisotopic (exact) mass is 264 g/mol. The molecule has 6 heteroatoms. The number of benzene rings is 1. The molecule has 5 nitrogen and oxygen atoms in total. The van der Waals surface area contributed by atoms with Gasteiger partial charge in [0.1, 0.15) is 5.82 Å². The zero-order chi connectivity index (χ0) is 13.6. The van der Waals surface area contributed by atoms with Crippen LogP contribution in [0.2, 0.25) is 0 Å². The van der Waals surface area contributed by atoms with Crippen molar-refractivity contribution in [2.75, 3.05) is 5.32 Å². The van der Waals surface area contributed by atoms with Gasteiger partial charge in [-0.05, 0) is 37.2 Å². The Kier molecular flexibility index (Phi) is 2.73. The Hall–Kier alpha value is -1.98. The number of nitro benzene ring substituents is 1. The van der Waals surface area contributed by atoms with E-state index >= 15 is 0 Å². The molecule has 2 saturated carbocycles. The third-order valence-electron chi connectivity index (χ3n) is 4.03. The SMILES string of the molecule is O=C(Nc1cc([N+](=O)[O-])ccc1F)C1CC2CC2C1. The molecule has 2 atom stereocenters. The van der Waals surface area contributed by atoms with Gasteiger partial charge in [-0.25, -0.2) is 4.39 Å². The van der Waals surface area contributed by atoms with E-state index in [0.29, 0.717) is 11.8 Å². The lowest BCUT2D eigenvalue weighted by atomic mass is 10.0. The zero-order valence-corrected chi connectivity index (χ0v) is 10.1. The van der Waals surface area contributed by atoms with Gasteiger partial charge in [-0.2, -0.15) is 0 Å². The molecule has 0 bridgehead atoms. The van der Waals surface area contributed by atoms with Crippen molar-refractivity contribution >= 4 is 17.3 Å². The van der Waals surface area contributed by atoms with Crippen LogP contribution in [0.1, 0.15) is 19.3 Å². The summed E-state index contributed by atoms with van der Waals surface area (Å²) < 4.78 is 13.5. The third kappa shape index (κ3) is 2.30. The summed E-state index contributed by atoms with van der Waals surface area (Å²) >= 11 is 0. The fourth-order valence-electron chi connectivity index (χ4n) is 2.89. The van der Waals surface area contributed by atoms with Crippen molar-refractivity contribution in [3.8, 4) is 0 Å². The van der Waals surface area contributed by atoms with Crippen LogP contribution in [0.5, 0.6) is 0 Å². The second-order valence-electron chi connectivity index (χ2n) is 5.33. The van der Waals surface area contributed by atoms with Crippen molar-refractivity contribution in [3.63, 3.8) is 0 Å². The topological polar surface area (TPSA) is 72.2 Å². The van der Waals surface area contributed by atoms with E-state index in [1.54, 1.807) is 0 Å². The van der Waals surface area contributed by atoms with Crippen LogP contribution in [-0.2, 0) is 4.79 Å². The Bertz CT molecular complexity index is 551. The number of rotatable bonds is 3. The predicted octanol–water partition coefficient (Wildman–Crippen LogP) is 2.72. The lowest BCUT2D eigenvalue weighted by Gasteiger charge is -2.12. The molecule has 2 aliphatic carbocycles. The average molecular weight is 264 g/mol. The van der Waals surface area contributed by atoms with Crippen molar-refractivity contribution < 1.29 is 14.1 Å². The molecule has 0 aliphatic heterocycles. The van der Waals surface area contributed by atoms with Crippen molar-refractivity contribution in [1.82, 2.24) is 0 Å². The standard InChI is InChI=1S/C13H13FN2O3/c14-11-2-1-10(16(18)19)6-12(11)15-13(17)9-4-7-3-8(7)5-9/h1-2,6-9H,3-5H2,(H,15,17). The highest BCUT2D eigenvalue weighted by Crippen LogP contribution is 2.54. The lowest BCUT2D eigenvalue weighted by Crippen LogP contribution is -2.22. The van der Waals surface area contributed by atoms with Crippen LogP contribution < -0.4 is 5.32 Å². The number of nitrogens with zero attached hydrogens (tertiary/aromatic N) is 1. The van der Waals surface area contributed by atoms with Gasteiger partial charge in [-0.15, -0.1) is 0 Å². The van der Waals surface area contributed by atoms with E-state index in [0.717, 1.165) is 31.0 Å². The van der Waals surface area contributed by atoms with Gasteiger partial charge in [0.2, 0.25) is 5.91 Å². The second kappa shape index (κ2) is 4.29. The fourth-order valence-corrected chi connectivity index (χ4v) is 2.89. The molecule has 1 amide bonds. The summed E-state index contributed by atoms with van der Waals surface area (Å²) in [6, 6.07) is 3.14. The van der Waals surface area contributed by atoms with E-state index in [-0.39, 0.29) is 23.2 Å². The van der Waals surface area contributed by atoms with Gasteiger partial charge in [0.05, 0.1) is 10.6 Å². The van der Waals surface area contributed by atoms with Gasteiger partial charge >= 0.3 is 0 Å². The molecule has 100 valence electrons. The first-order valence-electron chi connectivity index (χ1n) is 6.29. The number of halogens is 1. The van der Waals surface area contributed by atoms with E-state index < -0.39 is 10.7 Å². The maximum absolute atomic E-state index is 13.5. The quantitative estimate of drug-likeness (QED) is 0.674. The summed E-state index contributed by atoms with van der Waals surface area (Å²) in [4.78, 5) is 22.0. The molecule has 2 aliphatic rings. The highest BCUT2D eigenvalue weighted by molar-refractivity contribution is 5.93. The number of nitro groups is 1. The maximum Gasteiger partial charge on any atom is 0.271 e. The number of non-ortho nitro benzene ring substituents is 1. The van der Waals surface area contributed by atoms with Crippen molar-refractivity contribution in [3.05, 3.63) is 34.1 Å². The van der Waals surface area contributed by atoms with Gasteiger partial charge < -0.3 is 5.32 Å². The van der Waals surface area contributed by atoms with Crippen LogP contribution in [0.4, 0.5) is 15.8 Å². The Morgan fingerprint density at radius 1 is 1.32 bits per heavy atom. The number of amides is 1. The number of carbonyl (C=O) groups excluding carboxylic acids is 1. The summed E-state index contributed by atoms with van der Waals surface area (Å²) in [5.74, 6) is 0.354. The van der Waals surface area contributed by atoms with Crippen molar-refractivity contribution in [2.45, 2.75) is 19.3 Å². The fraction of sp³-hybridized carbons (Fsp3) is 0.462. The summed E-state index contributed by atoms with van der Waals surface area (Å²) in [5.41, 5.74) is -0.342. The largest absolute Gasteiger partial charge is 0.323 e. The second-order valence-corrected chi connectivity index (χ2v) is 5.33. The molecule has 2 fully saturated rings. The molecule has 0 radical (unpaired) electrons. The average Bonchev–Trinajstić information content (AvgIpc) is 2.98. The zero-order valence-electron chi connectivity index (χ0n) is 10.1. The van der Waals surface area contributed by atoms with Crippen LogP contribution in [0.3, 0.4) is 0 Å². The van der Waals surface area contributed by atoms with Crippen LogP contribution >= 0.6 is 0 Å². The molecule has 1 N–H and O–H groups in total. The Morgan fingerprint density at radius 3 is 2.63 bits per heavy atom. The highest BCUT2D eigenvalue weighted by Gasteiger charge is 2.48. The Labute approximate surface area is 109 Å². The number of hydrogen-bond donors (Lipinski definition) is 1. The van der Waals surface area contributed by atoms with Crippen LogP contribution in [-0.4, -0.2) is 10.8 Å². The first kappa shape index (κ1) is 12.1. The molecular formula is C13H13FN2O3.